The molecule has 0 aromatic heterocycles. The summed E-state index contributed by atoms with van der Waals surface area (Å²) < 4.78 is 11.1. The first-order chi connectivity index (χ1) is 9.69. The fourth-order valence-corrected chi connectivity index (χ4v) is 2.02. The first-order valence-electron chi connectivity index (χ1n) is 6.55. The van der Waals surface area contributed by atoms with Crippen LogP contribution < -0.4 is 15.2 Å². The van der Waals surface area contributed by atoms with E-state index < -0.39 is 0 Å². The summed E-state index contributed by atoms with van der Waals surface area (Å²) >= 11 is 5.90. The van der Waals surface area contributed by atoms with Gasteiger partial charge in [-0.2, -0.15) is 0 Å². The minimum Gasteiger partial charge on any atom is -0.494 e. The third kappa shape index (κ3) is 4.15. The zero-order chi connectivity index (χ0) is 14.4. The van der Waals surface area contributed by atoms with Crippen molar-refractivity contribution in [2.45, 2.75) is 13.0 Å². The van der Waals surface area contributed by atoms with Crippen LogP contribution in [0.25, 0.3) is 0 Å². The van der Waals surface area contributed by atoms with Crippen LogP contribution in [0.15, 0.2) is 48.5 Å². The highest BCUT2D eigenvalue weighted by atomic mass is 35.5. The van der Waals surface area contributed by atoms with Crippen molar-refractivity contribution in [3.8, 4) is 11.5 Å². The molecule has 1 unspecified atom stereocenters. The van der Waals surface area contributed by atoms with Crippen LogP contribution in [0.2, 0.25) is 5.02 Å². The van der Waals surface area contributed by atoms with E-state index in [-0.39, 0.29) is 6.04 Å². The SMILES string of the molecule is CCOc1cccc(C(N)COc2cccc(Cl)c2)c1. The molecule has 20 heavy (non-hydrogen) atoms. The molecule has 0 bridgehead atoms. The van der Waals surface area contributed by atoms with Crippen LogP contribution >= 0.6 is 11.6 Å². The second kappa shape index (κ2) is 7.17. The van der Waals surface area contributed by atoms with E-state index in [9.17, 15) is 0 Å². The van der Waals surface area contributed by atoms with E-state index >= 15 is 0 Å². The molecule has 0 spiro atoms. The first kappa shape index (κ1) is 14.7. The molecule has 0 aliphatic carbocycles. The number of nitrogens with two attached hydrogens (primary N) is 1. The van der Waals surface area contributed by atoms with Crippen LogP contribution in [0.5, 0.6) is 11.5 Å². The van der Waals surface area contributed by atoms with Gasteiger partial charge >= 0.3 is 0 Å². The molecule has 0 aliphatic heterocycles. The summed E-state index contributed by atoms with van der Waals surface area (Å²) in [6, 6.07) is 14.8. The topological polar surface area (TPSA) is 44.5 Å². The minimum atomic E-state index is -0.214. The summed E-state index contributed by atoms with van der Waals surface area (Å²) in [6.45, 7) is 2.97. The summed E-state index contributed by atoms with van der Waals surface area (Å²) in [5.41, 5.74) is 7.12. The van der Waals surface area contributed by atoms with Crippen molar-refractivity contribution >= 4 is 11.6 Å². The predicted octanol–water partition coefficient (Wildman–Crippen LogP) is 3.82. The normalized spacial score (nSPS) is 11.9. The molecule has 2 rings (SSSR count). The highest BCUT2D eigenvalue weighted by Gasteiger charge is 2.08. The summed E-state index contributed by atoms with van der Waals surface area (Å²) in [5, 5.41) is 0.648. The molecule has 4 heteroatoms. The molecule has 2 aromatic carbocycles. The zero-order valence-electron chi connectivity index (χ0n) is 11.4. The highest BCUT2D eigenvalue weighted by molar-refractivity contribution is 6.30. The predicted molar refractivity (Wildman–Crippen MR) is 81.5 cm³/mol. The van der Waals surface area contributed by atoms with Crippen LogP contribution in [0.4, 0.5) is 0 Å². The lowest BCUT2D eigenvalue weighted by atomic mass is 10.1. The molecular weight excluding hydrogens is 274 g/mol. The Labute approximate surface area is 124 Å². The van der Waals surface area contributed by atoms with E-state index in [1.807, 2.05) is 43.3 Å². The van der Waals surface area contributed by atoms with Gasteiger partial charge in [-0.05, 0) is 42.8 Å². The lowest BCUT2D eigenvalue weighted by molar-refractivity contribution is 0.290. The molecule has 0 aliphatic rings. The largest absolute Gasteiger partial charge is 0.494 e. The monoisotopic (exact) mass is 291 g/mol. The molecule has 0 saturated carbocycles. The second-order valence-corrected chi connectivity index (χ2v) is 4.82. The van der Waals surface area contributed by atoms with Gasteiger partial charge in [-0.15, -0.1) is 0 Å². The Morgan fingerprint density at radius 2 is 1.75 bits per heavy atom. The summed E-state index contributed by atoms with van der Waals surface area (Å²) in [5.74, 6) is 1.54. The number of hydrogen-bond donors (Lipinski definition) is 1. The van der Waals surface area contributed by atoms with Gasteiger partial charge in [-0.25, -0.2) is 0 Å². The van der Waals surface area contributed by atoms with Crippen LogP contribution in [0.3, 0.4) is 0 Å². The quantitative estimate of drug-likeness (QED) is 0.880. The van der Waals surface area contributed by atoms with Gasteiger partial charge in [0.25, 0.3) is 0 Å². The van der Waals surface area contributed by atoms with Gasteiger partial charge in [0.1, 0.15) is 18.1 Å². The Morgan fingerprint density at radius 1 is 1.05 bits per heavy atom. The van der Waals surface area contributed by atoms with Gasteiger partial charge in [-0.3, -0.25) is 0 Å². The Kier molecular flexibility index (Phi) is 5.27. The highest BCUT2D eigenvalue weighted by Crippen LogP contribution is 2.21. The first-order valence-corrected chi connectivity index (χ1v) is 6.93. The van der Waals surface area contributed by atoms with Crippen LogP contribution in [-0.2, 0) is 0 Å². The number of halogens is 1. The van der Waals surface area contributed by atoms with E-state index in [0.717, 1.165) is 11.3 Å². The van der Waals surface area contributed by atoms with Crippen molar-refractivity contribution in [1.29, 1.82) is 0 Å². The van der Waals surface area contributed by atoms with Crippen molar-refractivity contribution in [1.82, 2.24) is 0 Å². The molecular formula is C16H18ClNO2. The molecule has 2 N–H and O–H groups in total. The molecule has 0 fully saturated rings. The van der Waals surface area contributed by atoms with Crippen molar-refractivity contribution < 1.29 is 9.47 Å². The number of hydrogen-bond acceptors (Lipinski definition) is 3. The third-order valence-corrected chi connectivity index (χ3v) is 3.06. The van der Waals surface area contributed by atoms with Crippen molar-refractivity contribution in [3.05, 3.63) is 59.1 Å². The van der Waals surface area contributed by atoms with Crippen LogP contribution in [0, 0.1) is 0 Å². The number of benzene rings is 2. The van der Waals surface area contributed by atoms with E-state index in [2.05, 4.69) is 0 Å². The molecule has 106 valence electrons. The molecule has 0 radical (unpaired) electrons. The van der Waals surface area contributed by atoms with Crippen molar-refractivity contribution in [3.63, 3.8) is 0 Å². The van der Waals surface area contributed by atoms with Gasteiger partial charge in [0.2, 0.25) is 0 Å². The van der Waals surface area contributed by atoms with Gasteiger partial charge < -0.3 is 15.2 Å². The zero-order valence-corrected chi connectivity index (χ0v) is 12.1. The molecule has 0 saturated heterocycles. The molecule has 2 aromatic rings. The maximum atomic E-state index is 6.13. The maximum absolute atomic E-state index is 6.13. The van der Waals surface area contributed by atoms with E-state index in [0.29, 0.717) is 24.0 Å². The maximum Gasteiger partial charge on any atom is 0.120 e. The second-order valence-electron chi connectivity index (χ2n) is 4.38. The summed E-state index contributed by atoms with van der Waals surface area (Å²) in [6.07, 6.45) is 0. The van der Waals surface area contributed by atoms with Gasteiger partial charge in [-0.1, -0.05) is 29.8 Å². The molecule has 0 heterocycles. The lowest BCUT2D eigenvalue weighted by Gasteiger charge is -2.15. The van der Waals surface area contributed by atoms with Crippen molar-refractivity contribution in [2.75, 3.05) is 13.2 Å². The average Bonchev–Trinajstić information content (AvgIpc) is 2.45. The van der Waals surface area contributed by atoms with Crippen molar-refractivity contribution in [2.24, 2.45) is 5.73 Å². The smallest absolute Gasteiger partial charge is 0.120 e. The Bertz CT molecular complexity index is 560. The Morgan fingerprint density at radius 3 is 2.45 bits per heavy atom. The van der Waals surface area contributed by atoms with Gasteiger partial charge in [0.15, 0.2) is 0 Å². The van der Waals surface area contributed by atoms with E-state index in [1.165, 1.54) is 0 Å². The summed E-state index contributed by atoms with van der Waals surface area (Å²) in [4.78, 5) is 0. The Hall–Kier alpha value is -1.71. The van der Waals surface area contributed by atoms with E-state index in [4.69, 9.17) is 26.8 Å². The fourth-order valence-electron chi connectivity index (χ4n) is 1.84. The molecule has 3 nitrogen and oxygen atoms in total. The standard InChI is InChI=1S/C16H18ClNO2/c1-2-19-14-7-3-5-12(9-14)16(18)11-20-15-8-4-6-13(17)10-15/h3-10,16H,2,11,18H2,1H3. The summed E-state index contributed by atoms with van der Waals surface area (Å²) in [7, 11) is 0. The number of ether oxygens (including phenoxy) is 2. The molecule has 0 amide bonds. The Balaban J connectivity index is 1.97. The van der Waals surface area contributed by atoms with Crippen LogP contribution in [0.1, 0.15) is 18.5 Å². The average molecular weight is 292 g/mol. The third-order valence-electron chi connectivity index (χ3n) is 2.82. The number of rotatable bonds is 6. The van der Waals surface area contributed by atoms with Gasteiger partial charge in [0, 0.05) is 5.02 Å². The van der Waals surface area contributed by atoms with E-state index in [1.54, 1.807) is 12.1 Å². The fraction of sp³-hybridized carbons (Fsp3) is 0.250. The lowest BCUT2D eigenvalue weighted by Crippen LogP contribution is -2.19. The minimum absolute atomic E-state index is 0.214. The molecule has 1 atom stereocenters. The van der Waals surface area contributed by atoms with Crippen LogP contribution in [-0.4, -0.2) is 13.2 Å². The van der Waals surface area contributed by atoms with Gasteiger partial charge in [0.05, 0.1) is 12.6 Å².